The molecule has 27 heavy (non-hydrogen) atoms. The lowest BCUT2D eigenvalue weighted by molar-refractivity contribution is -0.125. The van der Waals surface area contributed by atoms with Crippen LogP contribution >= 0.6 is 23.2 Å². The molecule has 1 atom stereocenters. The average Bonchev–Trinajstić information content (AvgIpc) is 3.16. The van der Waals surface area contributed by atoms with Crippen LogP contribution in [0.15, 0.2) is 48.7 Å². The predicted octanol–water partition coefficient (Wildman–Crippen LogP) is 3.76. The summed E-state index contributed by atoms with van der Waals surface area (Å²) in [6.45, 7) is 0. The summed E-state index contributed by atoms with van der Waals surface area (Å²) in [6.07, 6.45) is 1.60. The van der Waals surface area contributed by atoms with Crippen molar-refractivity contribution in [2.24, 2.45) is 0 Å². The van der Waals surface area contributed by atoms with Crippen molar-refractivity contribution in [2.45, 2.75) is 11.8 Å². The number of benzene rings is 2. The molecule has 134 valence electrons. The van der Waals surface area contributed by atoms with Gasteiger partial charge in [-0.3, -0.25) is 9.59 Å². The Morgan fingerprint density at radius 1 is 1.00 bits per heavy atom. The van der Waals surface area contributed by atoms with Crippen molar-refractivity contribution in [1.82, 2.24) is 9.78 Å². The van der Waals surface area contributed by atoms with Gasteiger partial charge in [0.2, 0.25) is 11.8 Å². The molecule has 0 bridgehead atoms. The monoisotopic (exact) mass is 398 g/mol. The van der Waals surface area contributed by atoms with Crippen LogP contribution < -0.4 is 10.6 Å². The third-order valence-electron chi connectivity index (χ3n) is 5.04. The molecule has 2 amide bonds. The summed E-state index contributed by atoms with van der Waals surface area (Å²) in [6, 6.07) is 12.3. The summed E-state index contributed by atoms with van der Waals surface area (Å²) < 4.78 is 1.58. The molecule has 3 aromatic rings. The van der Waals surface area contributed by atoms with Crippen LogP contribution in [-0.2, 0) is 15.0 Å². The molecule has 2 aliphatic rings. The lowest BCUT2D eigenvalue weighted by Gasteiger charge is -2.31. The topological polar surface area (TPSA) is 76.0 Å². The highest BCUT2D eigenvalue weighted by molar-refractivity contribution is 6.31. The van der Waals surface area contributed by atoms with Crippen molar-refractivity contribution in [3.8, 4) is 5.69 Å². The van der Waals surface area contributed by atoms with E-state index in [1.807, 2.05) is 6.07 Å². The predicted molar refractivity (Wildman–Crippen MR) is 103 cm³/mol. The Kier molecular flexibility index (Phi) is 3.38. The van der Waals surface area contributed by atoms with Crippen molar-refractivity contribution in [2.75, 3.05) is 10.6 Å². The lowest BCUT2D eigenvalue weighted by atomic mass is 9.72. The average molecular weight is 399 g/mol. The molecule has 2 N–H and O–H groups in total. The minimum absolute atomic E-state index is 0.0135. The summed E-state index contributed by atoms with van der Waals surface area (Å²) in [5.41, 5.74) is 1.49. The van der Waals surface area contributed by atoms with Crippen molar-refractivity contribution < 1.29 is 9.59 Å². The van der Waals surface area contributed by atoms with Crippen molar-refractivity contribution in [3.05, 3.63) is 69.8 Å². The summed E-state index contributed by atoms with van der Waals surface area (Å²) >= 11 is 12.3. The highest BCUT2D eigenvalue weighted by Crippen LogP contribution is 2.50. The van der Waals surface area contributed by atoms with Crippen LogP contribution in [-0.4, -0.2) is 21.6 Å². The molecule has 2 aliphatic heterocycles. The van der Waals surface area contributed by atoms with E-state index in [1.165, 1.54) is 0 Å². The third-order valence-corrected chi connectivity index (χ3v) is 5.51. The number of halogens is 2. The molecule has 3 heterocycles. The van der Waals surface area contributed by atoms with Crippen LogP contribution in [0.25, 0.3) is 5.69 Å². The van der Waals surface area contributed by atoms with Gasteiger partial charge in [-0.1, -0.05) is 29.3 Å². The summed E-state index contributed by atoms with van der Waals surface area (Å²) in [5.74, 6) is -0.0766. The largest absolute Gasteiger partial charge is 0.325 e. The molecule has 5 rings (SSSR count). The second-order valence-electron chi connectivity index (χ2n) is 6.57. The van der Waals surface area contributed by atoms with Gasteiger partial charge in [-0.05, 0) is 42.0 Å². The molecule has 0 unspecified atom stereocenters. The van der Waals surface area contributed by atoms with Gasteiger partial charge >= 0.3 is 0 Å². The second-order valence-corrected chi connectivity index (χ2v) is 7.45. The maximum absolute atomic E-state index is 13.0. The summed E-state index contributed by atoms with van der Waals surface area (Å²) in [4.78, 5) is 25.6. The normalized spacial score (nSPS) is 20.2. The van der Waals surface area contributed by atoms with E-state index in [2.05, 4.69) is 15.7 Å². The van der Waals surface area contributed by atoms with Crippen LogP contribution in [0.4, 0.5) is 11.5 Å². The maximum Gasteiger partial charge on any atom is 0.240 e. The molecule has 0 radical (unpaired) electrons. The van der Waals surface area contributed by atoms with E-state index in [4.69, 9.17) is 23.2 Å². The van der Waals surface area contributed by atoms with Crippen molar-refractivity contribution >= 4 is 46.5 Å². The Bertz CT molecular complexity index is 1140. The highest BCUT2D eigenvalue weighted by Gasteiger charge is 2.54. The van der Waals surface area contributed by atoms with Crippen LogP contribution in [0.2, 0.25) is 10.0 Å². The van der Waals surface area contributed by atoms with Gasteiger partial charge in [0, 0.05) is 27.7 Å². The number of nitrogens with one attached hydrogen (secondary N) is 2. The first-order chi connectivity index (χ1) is 13.0. The van der Waals surface area contributed by atoms with Gasteiger partial charge in [0.15, 0.2) is 0 Å². The van der Waals surface area contributed by atoms with E-state index in [9.17, 15) is 9.59 Å². The van der Waals surface area contributed by atoms with Crippen LogP contribution in [0.3, 0.4) is 0 Å². The zero-order chi connectivity index (χ0) is 18.8. The van der Waals surface area contributed by atoms with Gasteiger partial charge in [-0.25, -0.2) is 4.68 Å². The molecule has 0 fully saturated rings. The van der Waals surface area contributed by atoms with Gasteiger partial charge in [-0.2, -0.15) is 5.10 Å². The Labute approximate surface area is 164 Å². The third kappa shape index (κ3) is 2.23. The molecule has 2 aromatic carbocycles. The summed E-state index contributed by atoms with van der Waals surface area (Å²) in [5, 5.41) is 11.2. The quantitative estimate of drug-likeness (QED) is 0.654. The smallest absolute Gasteiger partial charge is 0.240 e. The van der Waals surface area contributed by atoms with Crippen LogP contribution in [0, 0.1) is 0 Å². The number of aromatic nitrogens is 2. The van der Waals surface area contributed by atoms with Gasteiger partial charge in [-0.15, -0.1) is 0 Å². The molecular weight excluding hydrogens is 387 g/mol. The van der Waals surface area contributed by atoms with Crippen molar-refractivity contribution in [3.63, 3.8) is 0 Å². The number of hydrogen-bond acceptors (Lipinski definition) is 3. The molecule has 1 aromatic heterocycles. The SMILES string of the molecule is O=C1C[C@@]2(C(=O)Nc3ccc(Cl)cc32)c2cnn(-c3cccc(Cl)c3)c2N1. The number of fused-ring (bicyclic) bond motifs is 4. The first-order valence-electron chi connectivity index (χ1n) is 8.25. The Morgan fingerprint density at radius 2 is 1.81 bits per heavy atom. The number of nitrogens with zero attached hydrogens (tertiary/aromatic N) is 2. The first-order valence-corrected chi connectivity index (χ1v) is 9.00. The van der Waals surface area contributed by atoms with E-state index < -0.39 is 5.41 Å². The number of carbonyl (C=O) groups is 2. The highest BCUT2D eigenvalue weighted by atomic mass is 35.5. The molecule has 0 saturated heterocycles. The Hall–Kier alpha value is -2.83. The number of hydrogen-bond donors (Lipinski definition) is 2. The van der Waals surface area contributed by atoms with Crippen LogP contribution in [0.1, 0.15) is 17.5 Å². The zero-order valence-corrected chi connectivity index (χ0v) is 15.3. The minimum Gasteiger partial charge on any atom is -0.325 e. The second kappa shape index (κ2) is 5.58. The van der Waals surface area contributed by atoms with E-state index in [1.54, 1.807) is 47.3 Å². The zero-order valence-electron chi connectivity index (χ0n) is 13.8. The molecule has 0 saturated carbocycles. The van der Waals surface area contributed by atoms with Gasteiger partial charge in [0.25, 0.3) is 0 Å². The number of carbonyl (C=O) groups excluding carboxylic acids is 2. The van der Waals surface area contributed by atoms with Gasteiger partial charge in [0.05, 0.1) is 11.9 Å². The molecule has 1 spiro atoms. The maximum atomic E-state index is 13.0. The molecule has 6 nitrogen and oxygen atoms in total. The molecule has 8 heteroatoms. The summed E-state index contributed by atoms with van der Waals surface area (Å²) in [7, 11) is 0. The fourth-order valence-electron chi connectivity index (χ4n) is 3.87. The first kappa shape index (κ1) is 16.4. The van der Waals surface area contributed by atoms with Crippen molar-refractivity contribution in [1.29, 1.82) is 0 Å². The minimum atomic E-state index is -1.16. The Balaban J connectivity index is 1.77. The van der Waals surface area contributed by atoms with E-state index in [0.29, 0.717) is 38.4 Å². The molecular formula is C19H12Cl2N4O2. The van der Waals surface area contributed by atoms with E-state index in [-0.39, 0.29) is 18.2 Å². The van der Waals surface area contributed by atoms with Gasteiger partial charge < -0.3 is 10.6 Å². The standard InChI is InChI=1S/C19H12Cl2N4O2/c20-10-2-1-3-12(6-10)25-17-14(9-22-25)19(8-16(26)24-17)13-7-11(21)4-5-15(13)23-18(19)27/h1-7,9H,8H2,(H,23,27)(H,24,26)/t19-/m0/s1. The fourth-order valence-corrected chi connectivity index (χ4v) is 4.23. The lowest BCUT2D eigenvalue weighted by Crippen LogP contribution is -2.43. The van der Waals surface area contributed by atoms with E-state index >= 15 is 0 Å². The Morgan fingerprint density at radius 3 is 2.63 bits per heavy atom. The fraction of sp³-hybridized carbons (Fsp3) is 0.105. The van der Waals surface area contributed by atoms with Crippen LogP contribution in [0.5, 0.6) is 0 Å². The van der Waals surface area contributed by atoms with Gasteiger partial charge in [0.1, 0.15) is 11.2 Å². The number of anilines is 2. The van der Waals surface area contributed by atoms with E-state index in [0.717, 1.165) is 0 Å². The number of rotatable bonds is 1. The number of amides is 2. The molecule has 0 aliphatic carbocycles.